The van der Waals surface area contributed by atoms with Gasteiger partial charge in [-0.2, -0.15) is 0 Å². The van der Waals surface area contributed by atoms with Crippen LogP contribution in [0.25, 0.3) is 34.2 Å². The summed E-state index contributed by atoms with van der Waals surface area (Å²) in [5.74, 6) is -0.565. The summed E-state index contributed by atoms with van der Waals surface area (Å²) in [5, 5.41) is 41.4. The molecule has 0 saturated heterocycles. The Kier molecular flexibility index (Phi) is 9.13. The van der Waals surface area contributed by atoms with E-state index in [9.17, 15) is 30.0 Å². The van der Waals surface area contributed by atoms with Gasteiger partial charge in [-0.1, -0.05) is 11.6 Å². The molecule has 1 aromatic heterocycles. The van der Waals surface area contributed by atoms with Crippen molar-refractivity contribution in [1.29, 1.82) is 0 Å². The number of Topliss-reactive ketones (excluding diaryl/α,β-unsaturated/α-hetero) is 2. The van der Waals surface area contributed by atoms with E-state index in [2.05, 4.69) is 15.0 Å². The van der Waals surface area contributed by atoms with Gasteiger partial charge in [0.1, 0.15) is 48.4 Å². The summed E-state index contributed by atoms with van der Waals surface area (Å²) < 4.78 is 10.8. The van der Waals surface area contributed by atoms with Crippen molar-refractivity contribution in [1.82, 2.24) is 15.0 Å². The summed E-state index contributed by atoms with van der Waals surface area (Å²) in [7, 11) is 0. The van der Waals surface area contributed by atoms with Crippen LogP contribution in [0.4, 0.5) is 0 Å². The molecule has 11 nitrogen and oxygen atoms in total. The molecular formula is C29H26ClN3O8. The summed E-state index contributed by atoms with van der Waals surface area (Å²) in [6.07, 6.45) is -2.60. The molecule has 4 N–H and O–H groups in total. The van der Waals surface area contributed by atoms with Gasteiger partial charge >= 0.3 is 0 Å². The first-order valence-electron chi connectivity index (χ1n) is 12.3. The third-order valence-electron chi connectivity index (χ3n) is 5.91. The molecular weight excluding hydrogens is 554 g/mol. The van der Waals surface area contributed by atoms with Gasteiger partial charge in [0.15, 0.2) is 29.0 Å². The van der Waals surface area contributed by atoms with E-state index in [1.165, 1.54) is 50.2 Å². The fourth-order valence-corrected chi connectivity index (χ4v) is 3.64. The number of aromatic hydroxyl groups is 2. The van der Waals surface area contributed by atoms with Gasteiger partial charge in [-0.15, -0.1) is 0 Å². The molecule has 0 bridgehead atoms. The molecule has 0 aliphatic carbocycles. The van der Waals surface area contributed by atoms with Crippen molar-refractivity contribution in [3.63, 3.8) is 0 Å². The van der Waals surface area contributed by atoms with Crippen LogP contribution in [0.2, 0.25) is 5.02 Å². The van der Waals surface area contributed by atoms with E-state index in [0.29, 0.717) is 10.6 Å². The predicted octanol–water partition coefficient (Wildman–Crippen LogP) is 3.59. The number of aliphatic hydroxyl groups excluding tert-OH is 2. The van der Waals surface area contributed by atoms with E-state index in [0.717, 1.165) is 0 Å². The quantitative estimate of drug-likeness (QED) is 0.204. The molecule has 4 aromatic rings. The number of phenols is 2. The maximum absolute atomic E-state index is 11.3. The molecule has 1 heterocycles. The normalized spacial score (nSPS) is 12.4. The fraction of sp³-hybridized carbons (Fsp3) is 0.207. The summed E-state index contributed by atoms with van der Waals surface area (Å²) >= 11 is 6.04. The zero-order valence-corrected chi connectivity index (χ0v) is 22.7. The van der Waals surface area contributed by atoms with Crippen LogP contribution in [0, 0.1) is 0 Å². The first-order valence-corrected chi connectivity index (χ1v) is 12.7. The van der Waals surface area contributed by atoms with Crippen molar-refractivity contribution in [2.24, 2.45) is 0 Å². The number of ether oxygens (including phenoxy) is 2. The number of hydrogen-bond donors (Lipinski definition) is 4. The van der Waals surface area contributed by atoms with Gasteiger partial charge in [0.05, 0.1) is 11.1 Å². The SMILES string of the molecule is CC(=O)C(O)COc1ccc(-c2nc(-c3ccc(Cl)cc3)nc(-c3ccc(OCC(O)C(C)=O)cc3O)n2)c(O)c1. The number of nitrogens with zero attached hydrogens (tertiary/aromatic N) is 3. The van der Waals surface area contributed by atoms with Gasteiger partial charge in [-0.3, -0.25) is 9.59 Å². The second-order valence-electron chi connectivity index (χ2n) is 9.05. The zero-order valence-electron chi connectivity index (χ0n) is 22.0. The smallest absolute Gasteiger partial charge is 0.167 e. The number of hydrogen-bond acceptors (Lipinski definition) is 11. The monoisotopic (exact) mass is 579 g/mol. The lowest BCUT2D eigenvalue weighted by Crippen LogP contribution is -2.24. The number of phenolic OH excluding ortho intramolecular Hbond substituents is 2. The summed E-state index contributed by atoms with van der Waals surface area (Å²) in [6.45, 7) is 1.92. The Morgan fingerprint density at radius 2 is 1.12 bits per heavy atom. The first kappa shape index (κ1) is 29.4. The van der Waals surface area contributed by atoms with E-state index in [1.54, 1.807) is 24.3 Å². The van der Waals surface area contributed by atoms with E-state index < -0.39 is 23.8 Å². The number of halogens is 1. The van der Waals surface area contributed by atoms with Gasteiger partial charge in [-0.25, -0.2) is 15.0 Å². The molecule has 41 heavy (non-hydrogen) atoms. The Hall–Kier alpha value is -4.58. The molecule has 212 valence electrons. The number of aromatic nitrogens is 3. The average molecular weight is 580 g/mol. The van der Waals surface area contributed by atoms with Crippen molar-refractivity contribution in [3.05, 3.63) is 65.7 Å². The lowest BCUT2D eigenvalue weighted by atomic mass is 10.1. The number of aliphatic hydroxyl groups is 2. The second kappa shape index (κ2) is 12.7. The first-order chi connectivity index (χ1) is 19.5. The lowest BCUT2D eigenvalue weighted by Gasteiger charge is -2.13. The van der Waals surface area contributed by atoms with Crippen LogP contribution in [0.5, 0.6) is 23.0 Å². The molecule has 0 aliphatic rings. The van der Waals surface area contributed by atoms with Crippen LogP contribution in [0.3, 0.4) is 0 Å². The summed E-state index contributed by atoms with van der Waals surface area (Å²) in [6, 6.07) is 15.4. The third kappa shape index (κ3) is 7.34. The molecule has 12 heteroatoms. The molecule has 0 spiro atoms. The van der Waals surface area contributed by atoms with Crippen LogP contribution in [0.15, 0.2) is 60.7 Å². The number of benzene rings is 3. The van der Waals surface area contributed by atoms with Crippen molar-refractivity contribution in [3.8, 4) is 57.2 Å². The van der Waals surface area contributed by atoms with Gasteiger partial charge in [0.2, 0.25) is 0 Å². The highest BCUT2D eigenvalue weighted by molar-refractivity contribution is 6.30. The molecule has 0 aliphatic heterocycles. The number of ketones is 2. The van der Waals surface area contributed by atoms with Crippen LogP contribution in [-0.2, 0) is 9.59 Å². The number of rotatable bonds is 11. The minimum Gasteiger partial charge on any atom is -0.507 e. The molecule has 0 radical (unpaired) electrons. The lowest BCUT2D eigenvalue weighted by molar-refractivity contribution is -0.126. The Morgan fingerprint density at radius 1 is 0.707 bits per heavy atom. The maximum atomic E-state index is 11.3. The van der Waals surface area contributed by atoms with E-state index in [-0.39, 0.29) is 64.8 Å². The molecule has 2 atom stereocenters. The van der Waals surface area contributed by atoms with Crippen molar-refractivity contribution < 1.29 is 39.5 Å². The number of carbonyl (C=O) groups excluding carboxylic acids is 2. The highest BCUT2D eigenvalue weighted by Crippen LogP contribution is 2.35. The van der Waals surface area contributed by atoms with Gasteiger partial charge in [0.25, 0.3) is 0 Å². The largest absolute Gasteiger partial charge is 0.507 e. The van der Waals surface area contributed by atoms with Crippen LogP contribution >= 0.6 is 11.6 Å². The molecule has 2 unspecified atom stereocenters. The van der Waals surface area contributed by atoms with Crippen molar-refractivity contribution in [2.45, 2.75) is 26.1 Å². The highest BCUT2D eigenvalue weighted by atomic mass is 35.5. The molecule has 3 aromatic carbocycles. The van der Waals surface area contributed by atoms with Crippen molar-refractivity contribution in [2.75, 3.05) is 13.2 Å². The minimum absolute atomic E-state index is 0.0806. The minimum atomic E-state index is -1.30. The Bertz CT molecular complexity index is 1490. The predicted molar refractivity (Wildman–Crippen MR) is 149 cm³/mol. The third-order valence-corrected chi connectivity index (χ3v) is 6.16. The maximum Gasteiger partial charge on any atom is 0.167 e. The van der Waals surface area contributed by atoms with Gasteiger partial charge in [0, 0.05) is 22.7 Å². The number of carbonyl (C=O) groups is 2. The summed E-state index contributed by atoms with van der Waals surface area (Å²) in [5.41, 5.74) is 1.04. The second-order valence-corrected chi connectivity index (χ2v) is 9.48. The Balaban J connectivity index is 1.72. The summed E-state index contributed by atoms with van der Waals surface area (Å²) in [4.78, 5) is 36.0. The van der Waals surface area contributed by atoms with Gasteiger partial charge in [-0.05, 0) is 62.4 Å². The molecule has 0 amide bonds. The van der Waals surface area contributed by atoms with Crippen LogP contribution < -0.4 is 9.47 Å². The topological polar surface area (TPSA) is 172 Å². The van der Waals surface area contributed by atoms with Crippen LogP contribution in [0.1, 0.15) is 13.8 Å². The molecule has 4 rings (SSSR count). The highest BCUT2D eigenvalue weighted by Gasteiger charge is 2.19. The average Bonchev–Trinajstić information content (AvgIpc) is 2.94. The van der Waals surface area contributed by atoms with Crippen molar-refractivity contribution >= 4 is 23.2 Å². The van der Waals surface area contributed by atoms with E-state index >= 15 is 0 Å². The van der Waals surface area contributed by atoms with E-state index in [1.807, 2.05) is 0 Å². The van der Waals surface area contributed by atoms with Gasteiger partial charge < -0.3 is 29.9 Å². The Labute approximate surface area is 239 Å². The molecule has 0 fully saturated rings. The fourth-order valence-electron chi connectivity index (χ4n) is 3.51. The standard InChI is InChI=1S/C29H26ClN3O8/c1-15(34)25(38)13-40-19-7-9-21(23(36)11-19)28-31-27(17-3-5-18(30)6-4-17)32-29(33-28)22-10-8-20(12-24(22)37)41-14-26(39)16(2)35/h3-12,25-26,36-39H,13-14H2,1-2H3. The van der Waals surface area contributed by atoms with Crippen LogP contribution in [-0.4, -0.2) is 72.4 Å². The molecule has 0 saturated carbocycles. The van der Waals surface area contributed by atoms with E-state index in [4.69, 9.17) is 21.1 Å². The zero-order chi connectivity index (χ0) is 29.7. The Morgan fingerprint density at radius 3 is 1.51 bits per heavy atom.